The third-order valence-corrected chi connectivity index (χ3v) is 5.30. The Labute approximate surface area is 178 Å². The lowest BCUT2D eigenvalue weighted by Crippen LogP contribution is -1.98. The summed E-state index contributed by atoms with van der Waals surface area (Å²) in [5, 5.41) is 6.43. The third kappa shape index (κ3) is 4.13. The molecular formula is C28H26N2. The van der Waals surface area contributed by atoms with Crippen LogP contribution >= 0.6 is 0 Å². The van der Waals surface area contributed by atoms with E-state index in [0.717, 1.165) is 11.4 Å². The lowest BCUT2D eigenvalue weighted by Gasteiger charge is -2.18. The van der Waals surface area contributed by atoms with Crippen LogP contribution in [0.25, 0.3) is 11.1 Å². The first kappa shape index (κ1) is 19.5. The zero-order valence-corrected chi connectivity index (χ0v) is 17.4. The van der Waals surface area contributed by atoms with E-state index < -0.39 is 0 Å². The first-order chi connectivity index (χ1) is 14.8. The maximum atomic E-state index is 3.22. The van der Waals surface area contributed by atoms with Crippen molar-refractivity contribution in [1.82, 2.24) is 0 Å². The Morgan fingerprint density at radius 3 is 1.00 bits per heavy atom. The van der Waals surface area contributed by atoms with Crippen molar-refractivity contribution in [2.45, 2.75) is 0 Å². The van der Waals surface area contributed by atoms with Crippen LogP contribution in [0.4, 0.5) is 11.4 Å². The van der Waals surface area contributed by atoms with E-state index in [2.05, 4.69) is 120 Å². The summed E-state index contributed by atoms with van der Waals surface area (Å²) in [6.07, 6.45) is 0. The molecule has 0 aromatic heterocycles. The molecule has 4 aromatic rings. The van der Waals surface area contributed by atoms with Gasteiger partial charge in [-0.2, -0.15) is 0 Å². The van der Waals surface area contributed by atoms with Gasteiger partial charge in [-0.25, -0.2) is 0 Å². The number of hydrogen-bond acceptors (Lipinski definition) is 2. The van der Waals surface area contributed by atoms with Crippen LogP contribution < -0.4 is 10.6 Å². The third-order valence-electron chi connectivity index (χ3n) is 5.30. The van der Waals surface area contributed by atoms with Crippen molar-refractivity contribution in [2.75, 3.05) is 24.7 Å². The van der Waals surface area contributed by atoms with E-state index in [0.29, 0.717) is 0 Å². The van der Waals surface area contributed by atoms with Crippen LogP contribution in [0.5, 0.6) is 0 Å². The summed E-state index contributed by atoms with van der Waals surface area (Å²) in [7, 11) is 3.89. The number of rotatable bonds is 6. The highest BCUT2D eigenvalue weighted by Crippen LogP contribution is 2.37. The number of benzene rings is 4. The van der Waals surface area contributed by atoms with Gasteiger partial charge in [-0.15, -0.1) is 0 Å². The van der Waals surface area contributed by atoms with E-state index in [9.17, 15) is 0 Å². The number of anilines is 2. The molecule has 0 aliphatic carbocycles. The van der Waals surface area contributed by atoms with Crippen molar-refractivity contribution in [3.05, 3.63) is 131 Å². The number of nitrogens with one attached hydrogen (secondary N) is 2. The molecule has 148 valence electrons. The predicted molar refractivity (Wildman–Crippen MR) is 130 cm³/mol. The highest BCUT2D eigenvalue weighted by Gasteiger charge is 2.16. The first-order valence-corrected chi connectivity index (χ1v) is 10.2. The van der Waals surface area contributed by atoms with Crippen LogP contribution in [0.3, 0.4) is 0 Å². The normalized spacial score (nSPS) is 10.3. The summed E-state index contributed by atoms with van der Waals surface area (Å²) < 4.78 is 0. The molecule has 2 nitrogen and oxygen atoms in total. The topological polar surface area (TPSA) is 24.1 Å². The average molecular weight is 391 g/mol. The maximum Gasteiger partial charge on any atom is 0.0337 e. The minimum Gasteiger partial charge on any atom is -0.388 e. The van der Waals surface area contributed by atoms with E-state index >= 15 is 0 Å². The fraction of sp³-hybridized carbons (Fsp3) is 0.0714. The summed E-state index contributed by atoms with van der Waals surface area (Å²) in [6.45, 7) is 0. The van der Waals surface area contributed by atoms with Crippen molar-refractivity contribution < 1.29 is 0 Å². The predicted octanol–water partition coefficient (Wildman–Crippen LogP) is 6.78. The van der Waals surface area contributed by atoms with Gasteiger partial charge in [0.05, 0.1) is 0 Å². The van der Waals surface area contributed by atoms with Gasteiger partial charge in [0, 0.05) is 25.5 Å². The molecule has 0 unspecified atom stereocenters. The molecule has 0 heterocycles. The van der Waals surface area contributed by atoms with Crippen molar-refractivity contribution in [1.29, 1.82) is 0 Å². The van der Waals surface area contributed by atoms with E-state index in [1.807, 2.05) is 14.1 Å². The van der Waals surface area contributed by atoms with Crippen LogP contribution in [0, 0.1) is 0 Å². The van der Waals surface area contributed by atoms with Gasteiger partial charge in [0.1, 0.15) is 0 Å². The van der Waals surface area contributed by atoms with Gasteiger partial charge in [-0.05, 0) is 57.7 Å². The molecule has 0 atom stereocenters. The Balaban J connectivity index is 2.03. The molecule has 30 heavy (non-hydrogen) atoms. The monoisotopic (exact) mass is 390 g/mol. The van der Waals surface area contributed by atoms with E-state index in [4.69, 9.17) is 0 Å². The zero-order chi connectivity index (χ0) is 20.8. The van der Waals surface area contributed by atoms with Crippen molar-refractivity contribution >= 4 is 22.5 Å². The maximum absolute atomic E-state index is 3.22. The second-order valence-corrected chi connectivity index (χ2v) is 7.14. The SMILES string of the molecule is CNc1ccc(C(=C(c2ccccc2)c2ccccc2)c2ccc(NC)cc2)cc1. The Morgan fingerprint density at radius 1 is 0.400 bits per heavy atom. The molecule has 0 bridgehead atoms. The summed E-state index contributed by atoms with van der Waals surface area (Å²) >= 11 is 0. The Bertz CT molecular complexity index is 1020. The smallest absolute Gasteiger partial charge is 0.0337 e. The van der Waals surface area contributed by atoms with Crippen LogP contribution in [-0.2, 0) is 0 Å². The van der Waals surface area contributed by atoms with Gasteiger partial charge in [0.2, 0.25) is 0 Å². The van der Waals surface area contributed by atoms with Gasteiger partial charge < -0.3 is 10.6 Å². The fourth-order valence-corrected chi connectivity index (χ4v) is 3.73. The molecule has 0 aliphatic rings. The zero-order valence-electron chi connectivity index (χ0n) is 17.4. The molecule has 0 spiro atoms. The van der Waals surface area contributed by atoms with Crippen molar-refractivity contribution in [3.63, 3.8) is 0 Å². The lowest BCUT2D eigenvalue weighted by atomic mass is 9.85. The van der Waals surface area contributed by atoms with Gasteiger partial charge in [-0.3, -0.25) is 0 Å². The Hall–Kier alpha value is -3.78. The van der Waals surface area contributed by atoms with E-state index in [1.54, 1.807) is 0 Å². The molecule has 2 N–H and O–H groups in total. The Kier molecular flexibility index (Phi) is 5.95. The molecule has 0 saturated heterocycles. The quantitative estimate of drug-likeness (QED) is 0.355. The van der Waals surface area contributed by atoms with E-state index in [-0.39, 0.29) is 0 Å². The summed E-state index contributed by atoms with van der Waals surface area (Å²) in [4.78, 5) is 0. The van der Waals surface area contributed by atoms with Crippen LogP contribution in [0.2, 0.25) is 0 Å². The number of hydrogen-bond donors (Lipinski definition) is 2. The van der Waals surface area contributed by atoms with Crippen LogP contribution in [-0.4, -0.2) is 14.1 Å². The highest BCUT2D eigenvalue weighted by molar-refractivity contribution is 6.04. The molecule has 0 radical (unpaired) electrons. The average Bonchev–Trinajstić information content (AvgIpc) is 2.84. The molecular weight excluding hydrogens is 364 g/mol. The fourth-order valence-electron chi connectivity index (χ4n) is 3.73. The standard InChI is InChI=1S/C28H26N2/c1-29-25-17-13-23(14-18-25)28(24-15-19-26(30-2)20-16-24)27(21-9-5-3-6-10-21)22-11-7-4-8-12-22/h3-20,29-30H,1-2H3. The summed E-state index contributed by atoms with van der Waals surface area (Å²) in [5.74, 6) is 0. The van der Waals surface area contributed by atoms with E-state index in [1.165, 1.54) is 33.4 Å². The lowest BCUT2D eigenvalue weighted by molar-refractivity contribution is 1.46. The molecule has 0 amide bonds. The molecule has 0 saturated carbocycles. The second kappa shape index (κ2) is 9.15. The summed E-state index contributed by atoms with van der Waals surface area (Å²) in [5.41, 5.74) is 9.43. The molecule has 0 aliphatic heterocycles. The van der Waals surface area contributed by atoms with Gasteiger partial charge in [0.15, 0.2) is 0 Å². The minimum atomic E-state index is 1.10. The van der Waals surface area contributed by atoms with Crippen LogP contribution in [0.1, 0.15) is 22.3 Å². The highest BCUT2D eigenvalue weighted by atomic mass is 14.8. The van der Waals surface area contributed by atoms with Crippen molar-refractivity contribution in [2.24, 2.45) is 0 Å². The molecule has 4 aromatic carbocycles. The van der Waals surface area contributed by atoms with Gasteiger partial charge >= 0.3 is 0 Å². The van der Waals surface area contributed by atoms with Crippen LogP contribution in [0.15, 0.2) is 109 Å². The Morgan fingerprint density at radius 2 is 0.700 bits per heavy atom. The molecule has 4 rings (SSSR count). The largest absolute Gasteiger partial charge is 0.388 e. The second-order valence-electron chi connectivity index (χ2n) is 7.14. The van der Waals surface area contributed by atoms with Gasteiger partial charge in [0.25, 0.3) is 0 Å². The molecule has 0 fully saturated rings. The molecule has 2 heteroatoms. The summed E-state index contributed by atoms with van der Waals surface area (Å²) in [6, 6.07) is 38.6. The van der Waals surface area contributed by atoms with Crippen molar-refractivity contribution in [3.8, 4) is 0 Å². The van der Waals surface area contributed by atoms with Gasteiger partial charge in [-0.1, -0.05) is 84.9 Å². The minimum absolute atomic E-state index is 1.10. The first-order valence-electron chi connectivity index (χ1n) is 10.2.